The van der Waals surface area contributed by atoms with Crippen LogP contribution in [0.3, 0.4) is 0 Å². The molecule has 3 aromatic rings. The van der Waals surface area contributed by atoms with Gasteiger partial charge in [0.2, 0.25) is 11.8 Å². The van der Waals surface area contributed by atoms with E-state index in [-0.39, 0.29) is 37.1 Å². The first-order valence-electron chi connectivity index (χ1n) is 22.2. The molecular formula is C44H54N8O8. The van der Waals surface area contributed by atoms with Crippen LogP contribution in [-0.4, -0.2) is 133 Å². The predicted octanol–water partition coefficient (Wildman–Crippen LogP) is 2.59. The van der Waals surface area contributed by atoms with Crippen molar-refractivity contribution in [1.82, 2.24) is 34.8 Å². The molecule has 1 atom stereocenters. The topological polar surface area (TPSA) is 166 Å². The molecule has 0 aliphatic carbocycles. The Kier molecular flexibility index (Phi) is 10.6. The Balaban J connectivity index is 0.840. The SMILES string of the molecule is [2H]C([2H])([2H])NC(=O)N1CCc2c(-c3cc(OC)c(CN4CCN(CCC5CCN(c6ccc7c(c6)C(=O)N(C6CCC(=O)NC6=O)C7=O)CC5)CC4)c(OC)c3)cn(C)c(=O)c2C1. The van der Waals surface area contributed by atoms with E-state index in [0.29, 0.717) is 41.5 Å². The first kappa shape index (κ1) is 37.3. The van der Waals surface area contributed by atoms with Crippen LogP contribution in [0.5, 0.6) is 11.5 Å². The number of benzene rings is 2. The number of ether oxygens (including phenoxy) is 2. The second-order valence-corrected chi connectivity index (χ2v) is 16.4. The van der Waals surface area contributed by atoms with Gasteiger partial charge in [0.05, 0.1) is 37.5 Å². The number of fused-ring (bicyclic) bond motifs is 2. The summed E-state index contributed by atoms with van der Waals surface area (Å²) in [5, 5.41) is 4.27. The lowest BCUT2D eigenvalue weighted by atomic mass is 9.91. The molecule has 318 valence electrons. The smallest absolute Gasteiger partial charge is 0.317 e. The van der Waals surface area contributed by atoms with E-state index in [1.165, 1.54) is 9.47 Å². The van der Waals surface area contributed by atoms with Crippen molar-refractivity contribution in [3.8, 4) is 22.6 Å². The number of carbonyl (C=O) groups is 5. The van der Waals surface area contributed by atoms with Crippen molar-refractivity contribution >= 4 is 35.3 Å². The molecule has 5 aliphatic heterocycles. The molecule has 3 fully saturated rings. The zero-order valence-corrected chi connectivity index (χ0v) is 34.4. The molecule has 16 heteroatoms. The normalized spacial score (nSPS) is 21.2. The van der Waals surface area contributed by atoms with E-state index in [2.05, 4.69) is 20.0 Å². The van der Waals surface area contributed by atoms with Crippen LogP contribution in [0.25, 0.3) is 11.1 Å². The van der Waals surface area contributed by atoms with E-state index in [0.717, 1.165) is 97.9 Å². The third-order valence-corrected chi connectivity index (χ3v) is 13.0. The van der Waals surface area contributed by atoms with Gasteiger partial charge in [-0.15, -0.1) is 0 Å². The zero-order valence-electron chi connectivity index (χ0n) is 37.4. The van der Waals surface area contributed by atoms with Gasteiger partial charge in [-0.25, -0.2) is 4.79 Å². The number of aromatic nitrogens is 1. The predicted molar refractivity (Wildman–Crippen MR) is 223 cm³/mol. The highest BCUT2D eigenvalue weighted by Gasteiger charge is 2.45. The van der Waals surface area contributed by atoms with Gasteiger partial charge in [-0.3, -0.25) is 39.1 Å². The van der Waals surface area contributed by atoms with Crippen LogP contribution in [0.4, 0.5) is 10.5 Å². The maximum Gasteiger partial charge on any atom is 0.317 e. The summed E-state index contributed by atoms with van der Waals surface area (Å²) in [6.07, 6.45) is 5.51. The van der Waals surface area contributed by atoms with Crippen molar-refractivity contribution in [3.05, 3.63) is 74.7 Å². The molecule has 0 bridgehead atoms. The van der Waals surface area contributed by atoms with E-state index >= 15 is 0 Å². The molecule has 6 heterocycles. The average Bonchev–Trinajstić information content (AvgIpc) is 3.51. The molecule has 8 rings (SSSR count). The number of piperidine rings is 2. The molecule has 2 aromatic carbocycles. The number of aryl methyl sites for hydroxylation is 1. The summed E-state index contributed by atoms with van der Waals surface area (Å²) in [6.45, 7) is 4.59. The molecule has 3 saturated heterocycles. The lowest BCUT2D eigenvalue weighted by Gasteiger charge is -2.37. The monoisotopic (exact) mass is 825 g/mol. The number of carbonyl (C=O) groups excluding carboxylic acids is 5. The van der Waals surface area contributed by atoms with Gasteiger partial charge in [-0.1, -0.05) is 0 Å². The fourth-order valence-electron chi connectivity index (χ4n) is 9.49. The summed E-state index contributed by atoms with van der Waals surface area (Å²) in [4.78, 5) is 86.1. The Morgan fingerprint density at radius 2 is 1.53 bits per heavy atom. The fourth-order valence-corrected chi connectivity index (χ4v) is 9.49. The van der Waals surface area contributed by atoms with Crippen LogP contribution in [-0.2, 0) is 36.1 Å². The fraction of sp³-hybridized carbons (Fsp3) is 0.500. The highest BCUT2D eigenvalue weighted by atomic mass is 16.5. The molecule has 1 unspecified atom stereocenters. The number of imide groups is 2. The molecule has 0 radical (unpaired) electrons. The van der Waals surface area contributed by atoms with Gasteiger partial charge in [-0.05, 0) is 86.0 Å². The summed E-state index contributed by atoms with van der Waals surface area (Å²) >= 11 is 0. The quantitative estimate of drug-likeness (QED) is 0.289. The lowest BCUT2D eigenvalue weighted by Crippen LogP contribution is -2.54. The number of nitrogens with zero attached hydrogens (tertiary/aromatic N) is 6. The number of hydrogen-bond donors (Lipinski definition) is 2. The van der Waals surface area contributed by atoms with Crippen LogP contribution in [0.1, 0.15) is 73.6 Å². The summed E-state index contributed by atoms with van der Waals surface area (Å²) in [7, 11) is 4.93. The van der Waals surface area contributed by atoms with Crippen molar-refractivity contribution in [1.29, 1.82) is 0 Å². The third kappa shape index (κ3) is 7.85. The number of amides is 6. The average molecular weight is 826 g/mol. The van der Waals surface area contributed by atoms with Crippen molar-refractivity contribution < 1.29 is 37.6 Å². The highest BCUT2D eigenvalue weighted by Crippen LogP contribution is 2.39. The van der Waals surface area contributed by atoms with E-state index in [1.54, 1.807) is 39.6 Å². The Morgan fingerprint density at radius 1 is 0.833 bits per heavy atom. The first-order chi connectivity index (χ1) is 30.1. The van der Waals surface area contributed by atoms with Gasteiger partial charge in [0.15, 0.2) is 0 Å². The van der Waals surface area contributed by atoms with Gasteiger partial charge < -0.3 is 34.1 Å². The molecule has 2 N–H and O–H groups in total. The second-order valence-electron chi connectivity index (χ2n) is 16.4. The first-order valence-corrected chi connectivity index (χ1v) is 20.7. The molecule has 1 aromatic heterocycles. The Bertz CT molecular complexity index is 2360. The summed E-state index contributed by atoms with van der Waals surface area (Å²) < 4.78 is 35.6. The lowest BCUT2D eigenvalue weighted by molar-refractivity contribution is -0.136. The van der Waals surface area contributed by atoms with E-state index in [9.17, 15) is 28.8 Å². The van der Waals surface area contributed by atoms with E-state index in [1.807, 2.05) is 23.5 Å². The minimum Gasteiger partial charge on any atom is -0.496 e. The number of hydrogen-bond acceptors (Lipinski definition) is 11. The third-order valence-electron chi connectivity index (χ3n) is 13.0. The number of methoxy groups -OCH3 is 2. The standard InChI is InChI=1S/C44H54N8O8/c1-45-44(58)51-16-12-30-33(24-47(2)41(55)34(30)26-51)28-21-37(59-3)35(38(22-28)60-4)25-49-19-17-48(18-20-49)13-9-27-10-14-50(15-11-27)29-5-6-31-32(23-29)43(57)52(42(31)56)36-7-8-39(53)46-40(36)54/h5-6,21-24,27,36H,7-20,25-26H2,1-4H3,(H,45,58)(H,46,53,54)/i1D3. The van der Waals surface area contributed by atoms with Gasteiger partial charge in [0.1, 0.15) is 17.5 Å². The molecular weight excluding hydrogens is 769 g/mol. The Hall–Kier alpha value is -5.74. The van der Waals surface area contributed by atoms with Gasteiger partial charge in [0, 0.05) is 99.9 Å². The van der Waals surface area contributed by atoms with Crippen LogP contribution in [0.2, 0.25) is 0 Å². The van der Waals surface area contributed by atoms with Crippen LogP contribution >= 0.6 is 0 Å². The minimum atomic E-state index is -2.63. The Morgan fingerprint density at radius 3 is 2.22 bits per heavy atom. The van der Waals surface area contributed by atoms with Gasteiger partial charge in [-0.2, -0.15) is 0 Å². The molecule has 5 aliphatic rings. The zero-order chi connectivity index (χ0) is 44.7. The van der Waals surface area contributed by atoms with E-state index in [4.69, 9.17) is 13.6 Å². The number of pyridine rings is 1. The summed E-state index contributed by atoms with van der Waals surface area (Å²) in [6, 6.07) is 7.54. The van der Waals surface area contributed by atoms with Crippen molar-refractivity contribution in [2.45, 2.75) is 57.7 Å². The Labute approximate surface area is 353 Å². The molecule has 0 spiro atoms. The largest absolute Gasteiger partial charge is 0.496 e. The molecule has 6 amide bonds. The van der Waals surface area contributed by atoms with Crippen molar-refractivity contribution in [2.75, 3.05) is 78.5 Å². The van der Waals surface area contributed by atoms with Crippen molar-refractivity contribution in [3.63, 3.8) is 0 Å². The molecule has 0 saturated carbocycles. The summed E-state index contributed by atoms with van der Waals surface area (Å²) in [5.41, 5.74) is 5.06. The van der Waals surface area contributed by atoms with Crippen LogP contribution in [0, 0.1) is 5.92 Å². The van der Waals surface area contributed by atoms with Crippen LogP contribution < -0.4 is 30.6 Å². The highest BCUT2D eigenvalue weighted by molar-refractivity contribution is 6.23. The number of rotatable bonds is 10. The molecule has 16 nitrogen and oxygen atoms in total. The number of nitrogens with one attached hydrogen (secondary N) is 2. The number of urea groups is 1. The maximum atomic E-state index is 13.4. The van der Waals surface area contributed by atoms with Gasteiger partial charge >= 0.3 is 6.03 Å². The van der Waals surface area contributed by atoms with Crippen LogP contribution in [0.15, 0.2) is 41.3 Å². The number of piperazine rings is 1. The number of anilines is 1. The molecule has 60 heavy (non-hydrogen) atoms. The van der Waals surface area contributed by atoms with Crippen molar-refractivity contribution in [2.24, 2.45) is 13.0 Å². The van der Waals surface area contributed by atoms with E-state index < -0.39 is 42.7 Å². The second kappa shape index (κ2) is 17.1. The summed E-state index contributed by atoms with van der Waals surface area (Å²) in [5.74, 6) is -0.0865. The van der Waals surface area contributed by atoms with Gasteiger partial charge in [0.25, 0.3) is 17.4 Å². The minimum absolute atomic E-state index is 0.00279. The maximum absolute atomic E-state index is 13.4.